The Morgan fingerprint density at radius 1 is 1.05 bits per heavy atom. The zero-order valence-corrected chi connectivity index (χ0v) is 12.0. The van der Waals surface area contributed by atoms with Crippen LogP contribution in [0.25, 0.3) is 0 Å². The molecule has 100 valence electrons. The van der Waals surface area contributed by atoms with Crippen molar-refractivity contribution in [2.24, 2.45) is 5.84 Å². The maximum atomic E-state index is 5.68. The second kappa shape index (κ2) is 7.34. The van der Waals surface area contributed by atoms with Crippen molar-refractivity contribution in [1.82, 2.24) is 5.43 Å². The maximum Gasteiger partial charge on any atom is 0.0463 e. The number of hydrazine groups is 1. The summed E-state index contributed by atoms with van der Waals surface area (Å²) in [5, 5.41) is 0. The summed E-state index contributed by atoms with van der Waals surface area (Å²) in [6.07, 6.45) is 4.11. The van der Waals surface area contributed by atoms with Crippen molar-refractivity contribution < 1.29 is 0 Å². The number of benzene rings is 2. The van der Waals surface area contributed by atoms with Crippen LogP contribution in [0.5, 0.6) is 0 Å². The third-order valence-electron chi connectivity index (χ3n) is 3.28. The van der Waals surface area contributed by atoms with E-state index in [1.54, 1.807) is 11.8 Å². The molecule has 0 saturated carbocycles. The minimum atomic E-state index is 0.205. The fourth-order valence-electron chi connectivity index (χ4n) is 2.14. The SMILES string of the molecule is CSc1ccc(C(CCc2ccccc2)NN)cc1. The van der Waals surface area contributed by atoms with Crippen LogP contribution in [-0.4, -0.2) is 6.26 Å². The summed E-state index contributed by atoms with van der Waals surface area (Å²) in [7, 11) is 0. The molecule has 0 spiro atoms. The molecule has 0 aliphatic rings. The first-order valence-electron chi connectivity index (χ1n) is 6.47. The van der Waals surface area contributed by atoms with E-state index in [0.29, 0.717) is 0 Å². The Bertz CT molecular complexity index is 482. The third-order valence-corrected chi connectivity index (χ3v) is 4.03. The average molecular weight is 272 g/mol. The van der Waals surface area contributed by atoms with Crippen LogP contribution in [0.2, 0.25) is 0 Å². The highest BCUT2D eigenvalue weighted by molar-refractivity contribution is 7.98. The van der Waals surface area contributed by atoms with Crippen molar-refractivity contribution in [2.45, 2.75) is 23.8 Å². The molecule has 0 heterocycles. The third kappa shape index (κ3) is 4.10. The predicted octanol–water partition coefficient (Wildman–Crippen LogP) is 3.55. The van der Waals surface area contributed by atoms with Crippen LogP contribution in [0, 0.1) is 0 Å². The van der Waals surface area contributed by atoms with Gasteiger partial charge in [-0.2, -0.15) is 0 Å². The lowest BCUT2D eigenvalue weighted by Gasteiger charge is -2.16. The molecule has 0 aliphatic heterocycles. The molecule has 19 heavy (non-hydrogen) atoms. The van der Waals surface area contributed by atoms with Gasteiger partial charge in [0.2, 0.25) is 0 Å². The van der Waals surface area contributed by atoms with E-state index >= 15 is 0 Å². The van der Waals surface area contributed by atoms with Gasteiger partial charge in [0.1, 0.15) is 0 Å². The Balaban J connectivity index is 1.99. The fourth-order valence-corrected chi connectivity index (χ4v) is 2.55. The molecule has 0 aromatic heterocycles. The molecule has 0 saturated heterocycles. The molecule has 2 nitrogen and oxygen atoms in total. The highest BCUT2D eigenvalue weighted by Gasteiger charge is 2.09. The van der Waals surface area contributed by atoms with E-state index < -0.39 is 0 Å². The molecular weight excluding hydrogens is 252 g/mol. The Morgan fingerprint density at radius 3 is 2.32 bits per heavy atom. The van der Waals surface area contributed by atoms with E-state index in [4.69, 9.17) is 5.84 Å². The molecule has 2 aromatic rings. The lowest BCUT2D eigenvalue weighted by atomic mass is 9.99. The van der Waals surface area contributed by atoms with Crippen molar-refractivity contribution in [3.63, 3.8) is 0 Å². The molecule has 0 bridgehead atoms. The Morgan fingerprint density at radius 2 is 1.74 bits per heavy atom. The highest BCUT2D eigenvalue weighted by Crippen LogP contribution is 2.22. The zero-order valence-electron chi connectivity index (χ0n) is 11.2. The number of hydrogen-bond donors (Lipinski definition) is 2. The molecule has 2 rings (SSSR count). The number of nitrogens with one attached hydrogen (secondary N) is 1. The summed E-state index contributed by atoms with van der Waals surface area (Å²) in [5.74, 6) is 5.68. The molecule has 0 aliphatic carbocycles. The number of rotatable bonds is 6. The van der Waals surface area contributed by atoms with Gasteiger partial charge in [-0.3, -0.25) is 11.3 Å². The predicted molar refractivity (Wildman–Crippen MR) is 83.1 cm³/mol. The molecule has 3 N–H and O–H groups in total. The lowest BCUT2D eigenvalue weighted by molar-refractivity contribution is 0.516. The van der Waals surface area contributed by atoms with E-state index in [-0.39, 0.29) is 6.04 Å². The molecule has 0 radical (unpaired) electrons. The summed E-state index contributed by atoms with van der Waals surface area (Å²) in [5.41, 5.74) is 5.52. The smallest absolute Gasteiger partial charge is 0.0463 e. The summed E-state index contributed by atoms with van der Waals surface area (Å²) >= 11 is 1.76. The minimum Gasteiger partial charge on any atom is -0.271 e. The first-order chi connectivity index (χ1) is 9.33. The van der Waals surface area contributed by atoms with Crippen molar-refractivity contribution in [1.29, 1.82) is 0 Å². The Hall–Kier alpha value is -1.29. The van der Waals surface area contributed by atoms with Gasteiger partial charge in [0, 0.05) is 10.9 Å². The standard InChI is InChI=1S/C16H20N2S/c1-19-15-10-8-14(9-11-15)16(18-17)12-7-13-5-3-2-4-6-13/h2-6,8-11,16,18H,7,12,17H2,1H3. The van der Waals surface area contributed by atoms with Gasteiger partial charge in [0.25, 0.3) is 0 Å². The van der Waals surface area contributed by atoms with Gasteiger partial charge < -0.3 is 0 Å². The van der Waals surface area contributed by atoms with Crippen molar-refractivity contribution in [2.75, 3.05) is 6.26 Å². The Kier molecular flexibility index (Phi) is 5.45. The van der Waals surface area contributed by atoms with Crippen LogP contribution in [0.1, 0.15) is 23.6 Å². The van der Waals surface area contributed by atoms with E-state index in [1.807, 2.05) is 6.07 Å². The monoisotopic (exact) mass is 272 g/mol. The van der Waals surface area contributed by atoms with Gasteiger partial charge in [0.05, 0.1) is 0 Å². The Labute approximate surface area is 119 Å². The van der Waals surface area contributed by atoms with Crippen LogP contribution >= 0.6 is 11.8 Å². The second-order valence-corrected chi connectivity index (χ2v) is 5.40. The van der Waals surface area contributed by atoms with Crippen LogP contribution in [-0.2, 0) is 6.42 Å². The van der Waals surface area contributed by atoms with Crippen LogP contribution in [0.3, 0.4) is 0 Å². The summed E-state index contributed by atoms with van der Waals surface area (Å²) in [4.78, 5) is 1.28. The van der Waals surface area contributed by atoms with Crippen LogP contribution in [0.4, 0.5) is 0 Å². The van der Waals surface area contributed by atoms with E-state index in [1.165, 1.54) is 16.0 Å². The fraction of sp³-hybridized carbons (Fsp3) is 0.250. The number of thioether (sulfide) groups is 1. The normalized spacial score (nSPS) is 12.3. The van der Waals surface area contributed by atoms with Gasteiger partial charge >= 0.3 is 0 Å². The maximum absolute atomic E-state index is 5.68. The van der Waals surface area contributed by atoms with E-state index in [0.717, 1.165) is 12.8 Å². The van der Waals surface area contributed by atoms with Crippen molar-refractivity contribution >= 4 is 11.8 Å². The molecular formula is C16H20N2S. The number of nitrogens with two attached hydrogens (primary N) is 1. The second-order valence-electron chi connectivity index (χ2n) is 4.52. The quantitative estimate of drug-likeness (QED) is 0.480. The van der Waals surface area contributed by atoms with Gasteiger partial charge in [0.15, 0.2) is 0 Å². The first kappa shape index (κ1) is 14.1. The highest BCUT2D eigenvalue weighted by atomic mass is 32.2. The van der Waals surface area contributed by atoms with Gasteiger partial charge in [-0.25, -0.2) is 0 Å². The first-order valence-corrected chi connectivity index (χ1v) is 7.70. The summed E-state index contributed by atoms with van der Waals surface area (Å²) in [6, 6.07) is 19.3. The minimum absolute atomic E-state index is 0.205. The summed E-state index contributed by atoms with van der Waals surface area (Å²) in [6.45, 7) is 0. The molecule has 0 fully saturated rings. The van der Waals surface area contributed by atoms with E-state index in [9.17, 15) is 0 Å². The molecule has 2 aromatic carbocycles. The topological polar surface area (TPSA) is 38.0 Å². The molecule has 1 atom stereocenters. The van der Waals surface area contributed by atoms with Crippen molar-refractivity contribution in [3.05, 3.63) is 65.7 Å². The van der Waals surface area contributed by atoms with Gasteiger partial charge in [-0.05, 0) is 42.4 Å². The largest absolute Gasteiger partial charge is 0.271 e. The van der Waals surface area contributed by atoms with Gasteiger partial charge in [-0.15, -0.1) is 11.8 Å². The molecule has 0 amide bonds. The van der Waals surface area contributed by atoms with Crippen LogP contribution < -0.4 is 11.3 Å². The average Bonchev–Trinajstić information content (AvgIpc) is 2.49. The number of aryl methyl sites for hydroxylation is 1. The zero-order chi connectivity index (χ0) is 13.5. The molecule has 1 unspecified atom stereocenters. The molecule has 3 heteroatoms. The number of hydrogen-bond acceptors (Lipinski definition) is 3. The summed E-state index contributed by atoms with van der Waals surface area (Å²) < 4.78 is 0. The lowest BCUT2D eigenvalue weighted by Crippen LogP contribution is -2.28. The van der Waals surface area contributed by atoms with Crippen molar-refractivity contribution in [3.8, 4) is 0 Å². The van der Waals surface area contributed by atoms with Crippen LogP contribution in [0.15, 0.2) is 59.5 Å². The van der Waals surface area contributed by atoms with E-state index in [2.05, 4.69) is 60.2 Å². The van der Waals surface area contributed by atoms with Gasteiger partial charge in [-0.1, -0.05) is 42.5 Å².